The van der Waals surface area contributed by atoms with E-state index in [1.807, 2.05) is 43.3 Å². The summed E-state index contributed by atoms with van der Waals surface area (Å²) in [6.07, 6.45) is -4.01. The van der Waals surface area contributed by atoms with Crippen molar-refractivity contribution in [1.29, 1.82) is 0 Å². The number of nitrogens with zero attached hydrogens (tertiary/aromatic N) is 1. The Kier molecular flexibility index (Phi) is 4.01. The first kappa shape index (κ1) is 17.3. The van der Waals surface area contributed by atoms with Crippen LogP contribution < -0.4 is 10.2 Å². The van der Waals surface area contributed by atoms with E-state index in [0.717, 1.165) is 23.4 Å². The molecule has 1 aliphatic rings. The van der Waals surface area contributed by atoms with Gasteiger partial charge in [-0.05, 0) is 48.7 Å². The van der Waals surface area contributed by atoms with E-state index in [1.54, 1.807) is 6.92 Å². The fraction of sp³-hybridized carbons (Fsp3) is 0.316. The summed E-state index contributed by atoms with van der Waals surface area (Å²) in [5.74, 6) is -0.279. The minimum Gasteiger partial charge on any atom is -0.378 e. The Labute approximate surface area is 144 Å². The van der Waals surface area contributed by atoms with Crippen molar-refractivity contribution in [3.05, 3.63) is 59.2 Å². The number of benzene rings is 2. The van der Waals surface area contributed by atoms with E-state index < -0.39 is 17.2 Å². The number of carbonyl (C=O) groups is 1. The first-order valence-electron chi connectivity index (χ1n) is 7.91. The van der Waals surface area contributed by atoms with Crippen LogP contribution >= 0.6 is 0 Å². The van der Waals surface area contributed by atoms with Crippen LogP contribution in [-0.4, -0.2) is 20.0 Å². The maximum Gasteiger partial charge on any atom is 0.416 e. The van der Waals surface area contributed by atoms with Crippen LogP contribution in [0.5, 0.6) is 0 Å². The number of nitrogens with one attached hydrogen (secondary N) is 1. The second kappa shape index (κ2) is 5.79. The highest BCUT2D eigenvalue weighted by atomic mass is 19.4. The Morgan fingerprint density at radius 3 is 2.28 bits per heavy atom. The molecule has 2 aromatic rings. The zero-order chi connectivity index (χ0) is 18.4. The molecule has 0 aliphatic carbocycles. The third-order valence-corrected chi connectivity index (χ3v) is 4.70. The average Bonchev–Trinajstić information content (AvgIpc) is 2.77. The van der Waals surface area contributed by atoms with Crippen LogP contribution in [0.2, 0.25) is 0 Å². The monoisotopic (exact) mass is 348 g/mol. The van der Waals surface area contributed by atoms with Gasteiger partial charge in [0.15, 0.2) is 0 Å². The number of anilines is 2. The summed E-state index contributed by atoms with van der Waals surface area (Å²) in [6.45, 7) is 1.77. The Morgan fingerprint density at radius 2 is 1.72 bits per heavy atom. The van der Waals surface area contributed by atoms with Crippen molar-refractivity contribution in [2.24, 2.45) is 0 Å². The lowest BCUT2D eigenvalue weighted by molar-refractivity contribution is -0.137. The van der Waals surface area contributed by atoms with Crippen molar-refractivity contribution < 1.29 is 18.0 Å². The van der Waals surface area contributed by atoms with Gasteiger partial charge in [-0.1, -0.05) is 18.2 Å². The number of alkyl halides is 3. The number of hydrogen-bond donors (Lipinski definition) is 1. The summed E-state index contributed by atoms with van der Waals surface area (Å²) < 4.78 is 38.6. The van der Waals surface area contributed by atoms with Crippen molar-refractivity contribution in [1.82, 2.24) is 0 Å². The van der Waals surface area contributed by atoms with Gasteiger partial charge in [-0.2, -0.15) is 13.2 Å². The second-order valence-electron chi connectivity index (χ2n) is 6.78. The number of rotatable bonds is 3. The number of hydrogen-bond acceptors (Lipinski definition) is 2. The quantitative estimate of drug-likeness (QED) is 0.901. The van der Waals surface area contributed by atoms with Crippen LogP contribution in [0.4, 0.5) is 24.5 Å². The van der Waals surface area contributed by atoms with E-state index in [1.165, 1.54) is 6.07 Å². The molecule has 0 saturated carbocycles. The van der Waals surface area contributed by atoms with E-state index >= 15 is 0 Å². The molecule has 0 bridgehead atoms. The fourth-order valence-corrected chi connectivity index (χ4v) is 3.18. The molecule has 1 aliphatic heterocycles. The van der Waals surface area contributed by atoms with Crippen LogP contribution in [0.15, 0.2) is 42.5 Å². The van der Waals surface area contributed by atoms with Crippen molar-refractivity contribution in [2.75, 3.05) is 24.3 Å². The first-order chi connectivity index (χ1) is 11.6. The van der Waals surface area contributed by atoms with Gasteiger partial charge in [-0.3, -0.25) is 4.79 Å². The van der Waals surface area contributed by atoms with E-state index in [2.05, 4.69) is 5.32 Å². The Hall–Kier alpha value is -2.50. The minimum atomic E-state index is -4.43. The molecule has 0 saturated heterocycles. The molecule has 0 radical (unpaired) electrons. The molecule has 1 amide bonds. The third kappa shape index (κ3) is 3.08. The predicted octanol–water partition coefficient (Wildman–Crippen LogP) is 4.22. The maximum absolute atomic E-state index is 12.9. The van der Waals surface area contributed by atoms with Crippen LogP contribution in [-0.2, 0) is 22.8 Å². The van der Waals surface area contributed by atoms with Crippen molar-refractivity contribution >= 4 is 17.3 Å². The Bertz CT molecular complexity index is 812. The summed E-state index contributed by atoms with van der Waals surface area (Å²) in [7, 11) is 3.88. The molecule has 3 nitrogen and oxygen atoms in total. The third-order valence-electron chi connectivity index (χ3n) is 4.70. The van der Waals surface area contributed by atoms with Crippen molar-refractivity contribution in [3.8, 4) is 0 Å². The highest BCUT2D eigenvalue weighted by Gasteiger charge is 2.44. The molecule has 0 fully saturated rings. The molecule has 1 N–H and O–H groups in total. The standard InChI is InChI=1S/C19H19F3N2O/c1-18(11-12-4-7-14(8-5-12)24(2)3)15-9-6-13(19(20,21)22)10-16(15)23-17(18)25/h4-10H,11H2,1-3H3,(H,23,25). The molecule has 0 spiro atoms. The average molecular weight is 348 g/mol. The zero-order valence-electron chi connectivity index (χ0n) is 14.2. The van der Waals surface area contributed by atoms with E-state index in [9.17, 15) is 18.0 Å². The van der Waals surface area contributed by atoms with Crippen LogP contribution in [0.25, 0.3) is 0 Å². The molecule has 0 aromatic heterocycles. The molecule has 1 unspecified atom stereocenters. The number of halogens is 3. The van der Waals surface area contributed by atoms with Crippen LogP contribution in [0, 0.1) is 0 Å². The van der Waals surface area contributed by atoms with Gasteiger partial charge in [0.25, 0.3) is 0 Å². The zero-order valence-corrected chi connectivity index (χ0v) is 14.2. The van der Waals surface area contributed by atoms with Gasteiger partial charge in [-0.15, -0.1) is 0 Å². The van der Waals surface area contributed by atoms with Gasteiger partial charge in [0, 0.05) is 25.5 Å². The molecule has 3 rings (SSSR count). The summed E-state index contributed by atoms with van der Waals surface area (Å²) >= 11 is 0. The number of carbonyl (C=O) groups excluding carboxylic acids is 1. The first-order valence-corrected chi connectivity index (χ1v) is 7.91. The molecule has 25 heavy (non-hydrogen) atoms. The van der Waals surface area contributed by atoms with E-state index in [4.69, 9.17) is 0 Å². The molecule has 1 heterocycles. The molecule has 1 atom stereocenters. The molecular formula is C19H19F3N2O. The maximum atomic E-state index is 12.9. The van der Waals surface area contributed by atoms with Crippen LogP contribution in [0.1, 0.15) is 23.6 Å². The lowest BCUT2D eigenvalue weighted by Gasteiger charge is -2.23. The topological polar surface area (TPSA) is 32.3 Å². The highest BCUT2D eigenvalue weighted by molar-refractivity contribution is 6.06. The SMILES string of the molecule is CN(C)c1ccc(CC2(C)C(=O)Nc3cc(C(F)(F)F)ccc32)cc1. The highest BCUT2D eigenvalue weighted by Crippen LogP contribution is 2.42. The van der Waals surface area contributed by atoms with Gasteiger partial charge in [-0.25, -0.2) is 0 Å². The molecule has 2 aromatic carbocycles. The smallest absolute Gasteiger partial charge is 0.378 e. The van der Waals surface area contributed by atoms with Gasteiger partial charge in [0.2, 0.25) is 5.91 Å². The number of amides is 1. The minimum absolute atomic E-state index is 0.243. The summed E-state index contributed by atoms with van der Waals surface area (Å²) in [4.78, 5) is 14.5. The molecular weight excluding hydrogens is 329 g/mol. The molecule has 6 heteroatoms. The second-order valence-corrected chi connectivity index (χ2v) is 6.78. The van der Waals surface area contributed by atoms with Gasteiger partial charge in [0.05, 0.1) is 11.0 Å². The van der Waals surface area contributed by atoms with Crippen molar-refractivity contribution in [2.45, 2.75) is 24.9 Å². The lowest BCUT2D eigenvalue weighted by Crippen LogP contribution is -2.33. The van der Waals surface area contributed by atoms with Gasteiger partial charge in [0.1, 0.15) is 0 Å². The lowest BCUT2D eigenvalue weighted by atomic mass is 9.78. The van der Waals surface area contributed by atoms with Crippen molar-refractivity contribution in [3.63, 3.8) is 0 Å². The van der Waals surface area contributed by atoms with E-state index in [-0.39, 0.29) is 11.6 Å². The summed E-state index contributed by atoms with van der Waals surface area (Å²) in [6, 6.07) is 11.2. The van der Waals surface area contributed by atoms with Gasteiger partial charge >= 0.3 is 6.18 Å². The number of fused-ring (bicyclic) bond motifs is 1. The largest absolute Gasteiger partial charge is 0.416 e. The summed E-state index contributed by atoms with van der Waals surface area (Å²) in [5, 5.41) is 2.60. The van der Waals surface area contributed by atoms with Gasteiger partial charge < -0.3 is 10.2 Å². The fourth-order valence-electron chi connectivity index (χ4n) is 3.18. The summed E-state index contributed by atoms with van der Waals surface area (Å²) in [5.41, 5.74) is 1.19. The van der Waals surface area contributed by atoms with E-state index in [0.29, 0.717) is 12.0 Å². The molecule has 132 valence electrons. The van der Waals surface area contributed by atoms with Crippen LogP contribution in [0.3, 0.4) is 0 Å². The Balaban J connectivity index is 1.93. The predicted molar refractivity (Wildman–Crippen MR) is 91.9 cm³/mol. The normalized spacial score (nSPS) is 19.5. The Morgan fingerprint density at radius 1 is 1.08 bits per heavy atom.